The number of alkyl halides is 3. The molecule has 0 amide bonds. The monoisotopic (exact) mass is 206 g/mol. The van der Waals surface area contributed by atoms with Crippen molar-refractivity contribution in [1.82, 2.24) is 9.78 Å². The van der Waals surface area contributed by atoms with Gasteiger partial charge in [0.1, 0.15) is 0 Å². The summed E-state index contributed by atoms with van der Waals surface area (Å²) in [7, 11) is 2.89. The lowest BCUT2D eigenvalue weighted by Crippen LogP contribution is -2.34. The topological polar surface area (TPSA) is 27.1 Å². The zero-order valence-electron chi connectivity index (χ0n) is 8.09. The van der Waals surface area contributed by atoms with Crippen LogP contribution < -0.4 is 5.59 Å². The number of aromatic nitrogens is 2. The van der Waals surface area contributed by atoms with Crippen molar-refractivity contribution in [2.24, 2.45) is 7.05 Å². The molecular weight excluding hydrogens is 196 g/mol. The van der Waals surface area contributed by atoms with Gasteiger partial charge >= 0.3 is 13.1 Å². The van der Waals surface area contributed by atoms with Crippen LogP contribution in [0.25, 0.3) is 0 Å². The van der Waals surface area contributed by atoms with Crippen LogP contribution in [0.4, 0.5) is 13.2 Å². The molecule has 0 aliphatic rings. The summed E-state index contributed by atoms with van der Waals surface area (Å²) in [6.07, 6.45) is -4.40. The van der Waals surface area contributed by atoms with Gasteiger partial charge < -0.3 is 4.65 Å². The van der Waals surface area contributed by atoms with E-state index in [2.05, 4.69) is 5.10 Å². The Morgan fingerprint density at radius 3 is 2.43 bits per heavy atom. The maximum absolute atomic E-state index is 12.2. The van der Waals surface area contributed by atoms with Crippen molar-refractivity contribution in [2.75, 3.05) is 7.11 Å². The molecule has 0 N–H and O–H groups in total. The third kappa shape index (κ3) is 2.09. The van der Waals surface area contributed by atoms with Crippen molar-refractivity contribution < 1.29 is 17.8 Å². The van der Waals surface area contributed by atoms with Crippen molar-refractivity contribution in [3.05, 3.63) is 11.8 Å². The molecule has 1 heterocycles. The second kappa shape index (κ2) is 3.64. The maximum Gasteiger partial charge on any atom is 0.435 e. The van der Waals surface area contributed by atoms with E-state index in [-0.39, 0.29) is 0 Å². The van der Waals surface area contributed by atoms with E-state index in [1.807, 2.05) is 0 Å². The van der Waals surface area contributed by atoms with Crippen LogP contribution in [0.3, 0.4) is 0 Å². The van der Waals surface area contributed by atoms with Crippen molar-refractivity contribution in [3.63, 3.8) is 0 Å². The van der Waals surface area contributed by atoms with E-state index in [4.69, 9.17) is 4.65 Å². The molecule has 0 saturated carbocycles. The second-order valence-electron chi connectivity index (χ2n) is 2.95. The van der Waals surface area contributed by atoms with Gasteiger partial charge in [-0.25, -0.2) is 0 Å². The fourth-order valence-electron chi connectivity index (χ4n) is 1.12. The Morgan fingerprint density at radius 2 is 2.07 bits per heavy atom. The first-order valence-electron chi connectivity index (χ1n) is 4.00. The largest absolute Gasteiger partial charge is 0.435 e. The predicted molar refractivity (Wildman–Crippen MR) is 46.5 cm³/mol. The minimum atomic E-state index is -4.40. The van der Waals surface area contributed by atoms with Gasteiger partial charge in [-0.2, -0.15) is 18.3 Å². The van der Waals surface area contributed by atoms with Crippen LogP contribution in [0.15, 0.2) is 6.07 Å². The average molecular weight is 206 g/mol. The van der Waals surface area contributed by atoms with Gasteiger partial charge in [-0.05, 0) is 6.07 Å². The van der Waals surface area contributed by atoms with E-state index in [0.29, 0.717) is 5.59 Å². The highest BCUT2D eigenvalue weighted by Crippen LogP contribution is 2.26. The summed E-state index contributed by atoms with van der Waals surface area (Å²) in [5, 5.41) is 3.36. The summed E-state index contributed by atoms with van der Waals surface area (Å²) >= 11 is 0. The summed E-state index contributed by atoms with van der Waals surface area (Å²) in [5.74, 6) is 0. The summed E-state index contributed by atoms with van der Waals surface area (Å²) in [5.41, 5.74) is -0.487. The molecule has 0 atom stereocenters. The van der Waals surface area contributed by atoms with Crippen molar-refractivity contribution in [2.45, 2.75) is 13.0 Å². The lowest BCUT2D eigenvalue weighted by molar-refractivity contribution is -0.141. The number of hydrogen-bond donors (Lipinski definition) is 0. The Kier molecular flexibility index (Phi) is 2.89. The highest BCUT2D eigenvalue weighted by Gasteiger charge is 2.35. The molecule has 0 bridgehead atoms. The number of aryl methyl sites for hydroxylation is 1. The highest BCUT2D eigenvalue weighted by atomic mass is 19.4. The van der Waals surface area contributed by atoms with Crippen molar-refractivity contribution in [1.29, 1.82) is 0 Å². The molecule has 0 radical (unpaired) electrons. The number of hydrogen-bond acceptors (Lipinski definition) is 2. The molecule has 0 aliphatic heterocycles. The molecule has 0 aromatic carbocycles. The fourth-order valence-corrected chi connectivity index (χ4v) is 1.12. The van der Waals surface area contributed by atoms with E-state index in [1.54, 1.807) is 6.82 Å². The van der Waals surface area contributed by atoms with Crippen LogP contribution in [0.1, 0.15) is 5.69 Å². The molecule has 14 heavy (non-hydrogen) atoms. The summed E-state index contributed by atoms with van der Waals surface area (Å²) in [4.78, 5) is 0. The van der Waals surface area contributed by atoms with Crippen LogP contribution >= 0.6 is 0 Å². The summed E-state index contributed by atoms with van der Waals surface area (Å²) in [6, 6.07) is 0.994. The SMILES string of the molecule is COB(C)c1cc(C(F)(F)F)nn1C. The lowest BCUT2D eigenvalue weighted by Gasteiger charge is -2.04. The molecule has 1 aromatic heterocycles. The number of halogens is 3. The molecule has 78 valence electrons. The third-order valence-corrected chi connectivity index (χ3v) is 1.98. The molecule has 0 saturated heterocycles. The van der Waals surface area contributed by atoms with E-state index >= 15 is 0 Å². The van der Waals surface area contributed by atoms with Crippen molar-refractivity contribution >= 4 is 12.5 Å². The van der Waals surface area contributed by atoms with Gasteiger partial charge in [0, 0.05) is 19.8 Å². The van der Waals surface area contributed by atoms with E-state index < -0.39 is 18.8 Å². The zero-order valence-corrected chi connectivity index (χ0v) is 8.09. The van der Waals surface area contributed by atoms with E-state index in [0.717, 1.165) is 6.07 Å². The minimum Gasteiger partial charge on any atom is -0.432 e. The quantitative estimate of drug-likeness (QED) is 0.672. The molecule has 0 aliphatic carbocycles. The van der Waals surface area contributed by atoms with Gasteiger partial charge in [-0.1, -0.05) is 6.82 Å². The predicted octanol–water partition coefficient (Wildman–Crippen LogP) is 0.914. The molecule has 3 nitrogen and oxygen atoms in total. The van der Waals surface area contributed by atoms with Crippen LogP contribution in [0.5, 0.6) is 0 Å². The molecule has 1 rings (SSSR count). The van der Waals surface area contributed by atoms with Crippen LogP contribution in [-0.2, 0) is 17.9 Å². The molecule has 1 aromatic rings. The molecule has 0 fully saturated rings. The van der Waals surface area contributed by atoms with Crippen LogP contribution in [-0.4, -0.2) is 23.8 Å². The van der Waals surface area contributed by atoms with Gasteiger partial charge in [0.25, 0.3) is 0 Å². The zero-order chi connectivity index (χ0) is 10.9. The Labute approximate surface area is 80.0 Å². The molecular formula is C7H10BF3N2O. The third-order valence-electron chi connectivity index (χ3n) is 1.98. The molecule has 0 unspecified atom stereocenters. The smallest absolute Gasteiger partial charge is 0.432 e. The normalized spacial score (nSPS) is 11.9. The first kappa shape index (κ1) is 11.1. The lowest BCUT2D eigenvalue weighted by atomic mass is 9.67. The highest BCUT2D eigenvalue weighted by molar-refractivity contribution is 6.65. The number of rotatable bonds is 2. The van der Waals surface area contributed by atoms with Gasteiger partial charge in [-0.3, -0.25) is 4.68 Å². The first-order chi connectivity index (χ1) is 6.36. The first-order valence-corrected chi connectivity index (χ1v) is 4.00. The maximum atomic E-state index is 12.2. The Morgan fingerprint density at radius 1 is 1.50 bits per heavy atom. The number of nitrogens with zero attached hydrogens (tertiary/aromatic N) is 2. The van der Waals surface area contributed by atoms with Crippen LogP contribution in [0.2, 0.25) is 6.82 Å². The molecule has 7 heteroatoms. The van der Waals surface area contributed by atoms with Gasteiger partial charge in [0.15, 0.2) is 5.69 Å². The fraction of sp³-hybridized carbons (Fsp3) is 0.571. The van der Waals surface area contributed by atoms with Gasteiger partial charge in [0.2, 0.25) is 0 Å². The average Bonchev–Trinajstić information content (AvgIpc) is 2.45. The Bertz CT molecular complexity index is 323. The van der Waals surface area contributed by atoms with Gasteiger partial charge in [-0.15, -0.1) is 0 Å². The minimum absolute atomic E-state index is 0.399. The molecule has 0 spiro atoms. The summed E-state index contributed by atoms with van der Waals surface area (Å²) in [6.45, 7) is 1.26. The standard InChI is InChI=1S/C7H10BF3N2O/c1-8(14-3)6-4-5(7(9,10)11)12-13(6)2/h4H,1-3H3. The van der Waals surface area contributed by atoms with Gasteiger partial charge in [0.05, 0.1) is 0 Å². The summed E-state index contributed by atoms with van der Waals surface area (Å²) < 4.78 is 42.8. The second-order valence-corrected chi connectivity index (χ2v) is 2.95. The Balaban J connectivity index is 3.05. The van der Waals surface area contributed by atoms with Crippen molar-refractivity contribution in [3.8, 4) is 0 Å². The van der Waals surface area contributed by atoms with Crippen LogP contribution in [0, 0.1) is 0 Å². The van der Waals surface area contributed by atoms with E-state index in [9.17, 15) is 13.2 Å². The van der Waals surface area contributed by atoms with E-state index in [1.165, 1.54) is 18.8 Å². The Hall–Kier alpha value is -0.975.